The molecule has 0 radical (unpaired) electrons. The molecule has 1 aromatic rings. The van der Waals surface area contributed by atoms with Crippen molar-refractivity contribution in [2.45, 2.75) is 51.8 Å². The maximum absolute atomic E-state index is 13.4. The lowest BCUT2D eigenvalue weighted by molar-refractivity contribution is -0.160. The number of ether oxygens (including phenoxy) is 1. The molecule has 116 valence electrons. The minimum atomic E-state index is -0.481. The number of esters is 1. The van der Waals surface area contributed by atoms with Gasteiger partial charge in [0.1, 0.15) is 17.5 Å². The fraction of sp³-hybridized carbons (Fsp3) is 0.562. The zero-order chi connectivity index (χ0) is 15.6. The Morgan fingerprint density at radius 1 is 1.48 bits per heavy atom. The molecule has 1 heterocycles. The number of carbonyl (C=O) groups is 1. The minimum Gasteiger partial charge on any atom is -0.459 e. The van der Waals surface area contributed by atoms with E-state index in [0.29, 0.717) is 6.54 Å². The molecule has 1 aromatic carbocycles. The molecule has 0 bridgehead atoms. The van der Waals surface area contributed by atoms with Crippen LogP contribution < -0.4 is 0 Å². The summed E-state index contributed by atoms with van der Waals surface area (Å²) in [5.41, 5.74) is 0.371. The number of carbonyl (C=O) groups excluding carboxylic acids is 1. The summed E-state index contributed by atoms with van der Waals surface area (Å²) >= 11 is 3.43. The van der Waals surface area contributed by atoms with Crippen molar-refractivity contribution < 1.29 is 13.9 Å². The van der Waals surface area contributed by atoms with Crippen molar-refractivity contribution in [3.05, 3.63) is 34.1 Å². The van der Waals surface area contributed by atoms with Crippen LogP contribution in [0.3, 0.4) is 0 Å². The van der Waals surface area contributed by atoms with Crippen molar-refractivity contribution >= 4 is 21.9 Å². The van der Waals surface area contributed by atoms with Gasteiger partial charge in [-0.1, -0.05) is 15.9 Å². The third-order valence-corrected chi connectivity index (χ3v) is 4.20. The van der Waals surface area contributed by atoms with E-state index >= 15 is 0 Å². The number of hydrogen-bond donors (Lipinski definition) is 0. The van der Waals surface area contributed by atoms with E-state index in [1.165, 1.54) is 12.1 Å². The lowest BCUT2D eigenvalue weighted by atomic mass is 10.1. The molecule has 1 aliphatic rings. The predicted octanol–water partition coefficient (Wildman–Crippen LogP) is 3.89. The van der Waals surface area contributed by atoms with E-state index in [4.69, 9.17) is 4.74 Å². The first-order chi connectivity index (χ1) is 9.76. The molecule has 0 unspecified atom stereocenters. The molecule has 1 aliphatic heterocycles. The van der Waals surface area contributed by atoms with Crippen LogP contribution in [0.25, 0.3) is 0 Å². The second kappa shape index (κ2) is 6.44. The topological polar surface area (TPSA) is 29.5 Å². The van der Waals surface area contributed by atoms with Gasteiger partial charge in [-0.2, -0.15) is 0 Å². The van der Waals surface area contributed by atoms with E-state index in [2.05, 4.69) is 20.8 Å². The van der Waals surface area contributed by atoms with Crippen LogP contribution in [0.4, 0.5) is 4.39 Å². The van der Waals surface area contributed by atoms with Crippen LogP contribution in [0.5, 0.6) is 0 Å². The molecule has 2 rings (SSSR count). The number of likely N-dealkylation sites (tertiary alicyclic amines) is 1. The van der Waals surface area contributed by atoms with Crippen molar-refractivity contribution in [3.63, 3.8) is 0 Å². The summed E-state index contributed by atoms with van der Waals surface area (Å²) in [6.07, 6.45) is 1.75. The number of hydrogen-bond acceptors (Lipinski definition) is 3. The number of nitrogens with zero attached hydrogens (tertiary/aromatic N) is 1. The van der Waals surface area contributed by atoms with E-state index in [1.54, 1.807) is 6.07 Å². The Balaban J connectivity index is 2.08. The van der Waals surface area contributed by atoms with Crippen LogP contribution >= 0.6 is 15.9 Å². The van der Waals surface area contributed by atoms with Gasteiger partial charge < -0.3 is 4.74 Å². The molecular weight excluding hydrogens is 337 g/mol. The highest BCUT2D eigenvalue weighted by Gasteiger charge is 2.34. The monoisotopic (exact) mass is 357 g/mol. The molecule has 5 heteroatoms. The first kappa shape index (κ1) is 16.4. The summed E-state index contributed by atoms with van der Waals surface area (Å²) in [6, 6.07) is 4.39. The van der Waals surface area contributed by atoms with Crippen molar-refractivity contribution in [1.29, 1.82) is 0 Å². The second-order valence-corrected chi connectivity index (χ2v) is 7.25. The third-order valence-electron chi connectivity index (χ3n) is 3.42. The van der Waals surface area contributed by atoms with Crippen LogP contribution in [0.1, 0.15) is 39.2 Å². The molecule has 0 amide bonds. The van der Waals surface area contributed by atoms with Crippen LogP contribution in [0.2, 0.25) is 0 Å². The van der Waals surface area contributed by atoms with Crippen molar-refractivity contribution in [2.24, 2.45) is 0 Å². The molecule has 21 heavy (non-hydrogen) atoms. The highest BCUT2D eigenvalue weighted by Crippen LogP contribution is 2.26. The predicted molar refractivity (Wildman–Crippen MR) is 83.4 cm³/mol. The average Bonchev–Trinajstić information content (AvgIpc) is 2.80. The summed E-state index contributed by atoms with van der Waals surface area (Å²) in [7, 11) is 0. The fourth-order valence-corrected chi connectivity index (χ4v) is 2.91. The highest BCUT2D eigenvalue weighted by molar-refractivity contribution is 9.10. The normalized spacial score (nSPS) is 19.8. The van der Waals surface area contributed by atoms with Gasteiger partial charge in [0.2, 0.25) is 0 Å². The summed E-state index contributed by atoms with van der Waals surface area (Å²) < 4.78 is 19.7. The van der Waals surface area contributed by atoms with Gasteiger partial charge in [-0.15, -0.1) is 0 Å². The van der Waals surface area contributed by atoms with Crippen LogP contribution in [-0.4, -0.2) is 29.1 Å². The van der Waals surface area contributed by atoms with E-state index < -0.39 is 5.60 Å². The molecule has 0 spiro atoms. The molecular formula is C16H21BrFNO2. The van der Waals surface area contributed by atoms with Crippen molar-refractivity contribution in [3.8, 4) is 0 Å². The quantitative estimate of drug-likeness (QED) is 0.768. The second-order valence-electron chi connectivity index (χ2n) is 6.40. The SMILES string of the molecule is CC(C)(C)OC(=O)[C@H]1CCCN1Cc1cc(F)ccc1Br. The lowest BCUT2D eigenvalue weighted by Gasteiger charge is -2.27. The standard InChI is InChI=1S/C16H21BrFNO2/c1-16(2,3)21-15(20)14-5-4-8-19(14)10-11-9-12(18)6-7-13(11)17/h6-7,9,14H,4-5,8,10H2,1-3H3/t14-/m1/s1. The molecule has 1 atom stereocenters. The minimum absolute atomic E-state index is 0.187. The maximum Gasteiger partial charge on any atom is 0.323 e. The van der Waals surface area contributed by atoms with E-state index in [0.717, 1.165) is 29.4 Å². The molecule has 0 aliphatic carbocycles. The number of benzene rings is 1. The molecule has 0 aromatic heterocycles. The molecule has 0 N–H and O–H groups in total. The van der Waals surface area contributed by atoms with Gasteiger partial charge in [-0.05, 0) is 63.9 Å². The summed E-state index contributed by atoms with van der Waals surface area (Å²) in [5.74, 6) is -0.450. The summed E-state index contributed by atoms with van der Waals surface area (Å²) in [5, 5.41) is 0. The van der Waals surface area contributed by atoms with Gasteiger partial charge in [0.05, 0.1) is 0 Å². The Bertz CT molecular complexity index is 527. The van der Waals surface area contributed by atoms with Gasteiger partial charge in [0.15, 0.2) is 0 Å². The van der Waals surface area contributed by atoms with Gasteiger partial charge >= 0.3 is 5.97 Å². The van der Waals surface area contributed by atoms with Crippen LogP contribution in [0, 0.1) is 5.82 Å². The third kappa shape index (κ3) is 4.51. The molecule has 1 saturated heterocycles. The summed E-state index contributed by atoms with van der Waals surface area (Å²) in [6.45, 7) is 6.98. The fourth-order valence-electron chi connectivity index (χ4n) is 2.54. The number of halogens is 2. The van der Waals surface area contributed by atoms with Gasteiger partial charge in [-0.25, -0.2) is 4.39 Å². The zero-order valence-electron chi connectivity index (χ0n) is 12.7. The van der Waals surface area contributed by atoms with E-state index in [9.17, 15) is 9.18 Å². The van der Waals surface area contributed by atoms with Gasteiger partial charge in [0.25, 0.3) is 0 Å². The Hall–Kier alpha value is -0.940. The van der Waals surface area contributed by atoms with Gasteiger partial charge in [0, 0.05) is 11.0 Å². The summed E-state index contributed by atoms with van der Waals surface area (Å²) in [4.78, 5) is 14.3. The Morgan fingerprint density at radius 3 is 2.86 bits per heavy atom. The molecule has 3 nitrogen and oxygen atoms in total. The maximum atomic E-state index is 13.4. The average molecular weight is 358 g/mol. The number of rotatable bonds is 3. The highest BCUT2D eigenvalue weighted by atomic mass is 79.9. The van der Waals surface area contributed by atoms with E-state index in [1.807, 2.05) is 20.8 Å². The first-order valence-corrected chi connectivity index (χ1v) is 7.96. The Labute approximate surface area is 133 Å². The first-order valence-electron chi connectivity index (χ1n) is 7.17. The largest absolute Gasteiger partial charge is 0.459 e. The van der Waals surface area contributed by atoms with Crippen LogP contribution in [0.15, 0.2) is 22.7 Å². The van der Waals surface area contributed by atoms with E-state index in [-0.39, 0.29) is 17.8 Å². The van der Waals surface area contributed by atoms with Crippen molar-refractivity contribution in [1.82, 2.24) is 4.90 Å². The van der Waals surface area contributed by atoms with Crippen LogP contribution in [-0.2, 0) is 16.1 Å². The Kier molecular flexibility index (Phi) is 5.04. The molecule has 1 fully saturated rings. The van der Waals surface area contributed by atoms with Gasteiger partial charge in [-0.3, -0.25) is 9.69 Å². The molecule has 0 saturated carbocycles. The zero-order valence-corrected chi connectivity index (χ0v) is 14.2. The lowest BCUT2D eigenvalue weighted by Crippen LogP contribution is -2.40. The van der Waals surface area contributed by atoms with Crippen molar-refractivity contribution in [2.75, 3.05) is 6.54 Å². The smallest absolute Gasteiger partial charge is 0.323 e. The Morgan fingerprint density at radius 2 is 2.19 bits per heavy atom.